The molecular weight excluding hydrogens is 745 g/mol. The largest absolute Gasteiger partial charge is 0.462 e. The molecule has 0 aliphatic carbocycles. The Labute approximate surface area is 371 Å². The fourth-order valence-corrected chi connectivity index (χ4v) is 7.11. The third kappa shape index (κ3) is 46.4. The molecule has 60 heavy (non-hydrogen) atoms. The Morgan fingerprint density at radius 2 is 0.600 bits per heavy atom. The highest BCUT2D eigenvalue weighted by atomic mass is 16.6. The van der Waals surface area contributed by atoms with Crippen molar-refractivity contribution < 1.29 is 28.6 Å². The average molecular weight is 841 g/mol. The Kier molecular flexibility index (Phi) is 46.9. The van der Waals surface area contributed by atoms with Crippen molar-refractivity contribution in [3.05, 3.63) is 48.6 Å². The molecule has 0 unspecified atom stereocenters. The molecule has 0 amide bonds. The van der Waals surface area contributed by atoms with E-state index >= 15 is 0 Å². The second kappa shape index (κ2) is 49.0. The van der Waals surface area contributed by atoms with E-state index in [1.54, 1.807) is 0 Å². The number of carbonyl (C=O) groups excluding carboxylic acids is 3. The second-order valence-corrected chi connectivity index (χ2v) is 17.1. The summed E-state index contributed by atoms with van der Waals surface area (Å²) in [6.07, 6.45) is 58.0. The highest BCUT2D eigenvalue weighted by molar-refractivity contribution is 5.71. The van der Waals surface area contributed by atoms with Gasteiger partial charge in [0.05, 0.1) is 0 Å². The Morgan fingerprint density at radius 3 is 0.967 bits per heavy atom. The Hall–Kier alpha value is -2.63. The third-order valence-electron chi connectivity index (χ3n) is 11.0. The van der Waals surface area contributed by atoms with Gasteiger partial charge in [0, 0.05) is 19.3 Å². The number of ether oxygens (including phenoxy) is 3. The quantitative estimate of drug-likeness (QED) is 0.0263. The van der Waals surface area contributed by atoms with Crippen LogP contribution in [-0.2, 0) is 28.6 Å². The minimum absolute atomic E-state index is 0.0848. The van der Waals surface area contributed by atoms with Gasteiger partial charge in [0.25, 0.3) is 0 Å². The van der Waals surface area contributed by atoms with Crippen LogP contribution in [0.5, 0.6) is 0 Å². The first-order chi connectivity index (χ1) is 29.5. The zero-order valence-electron chi connectivity index (χ0n) is 39.7. The predicted molar refractivity (Wildman–Crippen MR) is 256 cm³/mol. The number of hydrogen-bond donors (Lipinski definition) is 0. The normalized spacial score (nSPS) is 12.4. The Bertz CT molecular complexity index is 1060. The van der Waals surface area contributed by atoms with Crippen molar-refractivity contribution in [1.29, 1.82) is 0 Å². The van der Waals surface area contributed by atoms with E-state index in [1.165, 1.54) is 122 Å². The SMILES string of the molecule is CCCCC/C=C\C/C=C\CCCCCCCC(=O)OC[C@@H](COC(=O)CCCCCCC/C=C\CCCCC)OC(=O)CCCCCCC/C=C\CCCCCCCC. The van der Waals surface area contributed by atoms with Crippen LogP contribution in [0.4, 0.5) is 0 Å². The minimum Gasteiger partial charge on any atom is -0.462 e. The molecule has 0 aromatic carbocycles. The summed E-state index contributed by atoms with van der Waals surface area (Å²) in [4.78, 5) is 37.9. The van der Waals surface area contributed by atoms with Gasteiger partial charge in [-0.05, 0) is 103 Å². The maximum Gasteiger partial charge on any atom is 0.306 e. The van der Waals surface area contributed by atoms with Crippen LogP contribution in [0.1, 0.15) is 258 Å². The number of rotatable bonds is 46. The fraction of sp³-hybridized carbons (Fsp3) is 0.796. The van der Waals surface area contributed by atoms with Crippen LogP contribution in [0.3, 0.4) is 0 Å². The first kappa shape index (κ1) is 57.4. The number of esters is 3. The molecule has 0 saturated heterocycles. The van der Waals surface area contributed by atoms with Gasteiger partial charge >= 0.3 is 17.9 Å². The van der Waals surface area contributed by atoms with Gasteiger partial charge in [-0.25, -0.2) is 0 Å². The van der Waals surface area contributed by atoms with Gasteiger partial charge in [0.1, 0.15) is 13.2 Å². The van der Waals surface area contributed by atoms with Gasteiger partial charge in [-0.15, -0.1) is 0 Å². The average Bonchev–Trinajstić information content (AvgIpc) is 3.24. The van der Waals surface area contributed by atoms with Crippen LogP contribution in [0, 0.1) is 0 Å². The predicted octanol–water partition coefficient (Wildman–Crippen LogP) is 16.7. The summed E-state index contributed by atoms with van der Waals surface area (Å²) in [5, 5.41) is 0. The van der Waals surface area contributed by atoms with E-state index in [2.05, 4.69) is 69.4 Å². The van der Waals surface area contributed by atoms with Crippen molar-refractivity contribution in [2.24, 2.45) is 0 Å². The summed E-state index contributed by atoms with van der Waals surface area (Å²) in [5.41, 5.74) is 0. The van der Waals surface area contributed by atoms with Crippen LogP contribution in [0.25, 0.3) is 0 Å². The summed E-state index contributed by atoms with van der Waals surface area (Å²) < 4.78 is 16.8. The molecule has 0 saturated carbocycles. The van der Waals surface area contributed by atoms with Gasteiger partial charge < -0.3 is 14.2 Å². The summed E-state index contributed by atoms with van der Waals surface area (Å²) in [5.74, 6) is -0.911. The Balaban J connectivity index is 4.41. The van der Waals surface area contributed by atoms with E-state index in [-0.39, 0.29) is 31.1 Å². The van der Waals surface area contributed by atoms with Crippen molar-refractivity contribution >= 4 is 17.9 Å². The van der Waals surface area contributed by atoms with Crippen molar-refractivity contribution in [1.82, 2.24) is 0 Å². The van der Waals surface area contributed by atoms with E-state index in [4.69, 9.17) is 14.2 Å². The topological polar surface area (TPSA) is 78.9 Å². The van der Waals surface area contributed by atoms with Gasteiger partial charge in [0.2, 0.25) is 0 Å². The van der Waals surface area contributed by atoms with E-state index in [0.29, 0.717) is 19.3 Å². The Morgan fingerprint density at radius 1 is 0.333 bits per heavy atom. The summed E-state index contributed by atoms with van der Waals surface area (Å²) in [6.45, 7) is 6.56. The van der Waals surface area contributed by atoms with Crippen LogP contribution >= 0.6 is 0 Å². The molecule has 348 valence electrons. The first-order valence-electron chi connectivity index (χ1n) is 25.6. The lowest BCUT2D eigenvalue weighted by Gasteiger charge is -2.18. The molecule has 6 nitrogen and oxygen atoms in total. The molecule has 0 radical (unpaired) electrons. The monoisotopic (exact) mass is 841 g/mol. The molecule has 0 aromatic rings. The third-order valence-corrected chi connectivity index (χ3v) is 11.0. The maximum absolute atomic E-state index is 12.8. The van der Waals surface area contributed by atoms with E-state index in [1.807, 2.05) is 0 Å². The lowest BCUT2D eigenvalue weighted by Crippen LogP contribution is -2.30. The molecule has 6 heteroatoms. The molecule has 0 fully saturated rings. The number of unbranched alkanes of at least 4 members (excludes halogenated alkanes) is 27. The second-order valence-electron chi connectivity index (χ2n) is 17.1. The number of allylic oxidation sites excluding steroid dienone is 8. The smallest absolute Gasteiger partial charge is 0.306 e. The summed E-state index contributed by atoms with van der Waals surface area (Å²) >= 11 is 0. The maximum atomic E-state index is 12.8. The van der Waals surface area contributed by atoms with E-state index < -0.39 is 6.10 Å². The lowest BCUT2D eigenvalue weighted by atomic mass is 10.1. The highest BCUT2D eigenvalue weighted by Crippen LogP contribution is 2.14. The molecule has 0 aliphatic rings. The summed E-state index contributed by atoms with van der Waals surface area (Å²) in [7, 11) is 0. The van der Waals surface area contributed by atoms with E-state index in [9.17, 15) is 14.4 Å². The van der Waals surface area contributed by atoms with Crippen LogP contribution in [0.2, 0.25) is 0 Å². The van der Waals surface area contributed by atoms with Crippen LogP contribution in [0.15, 0.2) is 48.6 Å². The fourth-order valence-electron chi connectivity index (χ4n) is 7.11. The molecule has 0 spiro atoms. The van der Waals surface area contributed by atoms with Crippen molar-refractivity contribution in [3.8, 4) is 0 Å². The molecule has 0 bridgehead atoms. The molecule has 0 heterocycles. The number of hydrogen-bond acceptors (Lipinski definition) is 6. The van der Waals surface area contributed by atoms with Crippen molar-refractivity contribution in [2.45, 2.75) is 264 Å². The zero-order valence-corrected chi connectivity index (χ0v) is 39.7. The van der Waals surface area contributed by atoms with Crippen molar-refractivity contribution in [2.75, 3.05) is 13.2 Å². The van der Waals surface area contributed by atoms with Crippen molar-refractivity contribution in [3.63, 3.8) is 0 Å². The van der Waals surface area contributed by atoms with Gasteiger partial charge in [-0.2, -0.15) is 0 Å². The summed E-state index contributed by atoms with van der Waals surface area (Å²) in [6, 6.07) is 0. The van der Waals surface area contributed by atoms with E-state index in [0.717, 1.165) is 96.3 Å². The molecular formula is C54H96O6. The van der Waals surface area contributed by atoms with Gasteiger partial charge in [-0.1, -0.05) is 185 Å². The van der Waals surface area contributed by atoms with Gasteiger partial charge in [0.15, 0.2) is 6.10 Å². The molecule has 0 aromatic heterocycles. The molecule has 0 aliphatic heterocycles. The van der Waals surface area contributed by atoms with Gasteiger partial charge in [-0.3, -0.25) is 14.4 Å². The highest BCUT2D eigenvalue weighted by Gasteiger charge is 2.19. The van der Waals surface area contributed by atoms with Crippen LogP contribution < -0.4 is 0 Å². The standard InChI is InChI=1S/C54H96O6/c1-4-7-10-13-16-19-22-25-27-29-32-35-38-41-44-47-53(56)59-50-51(49-58-52(55)46-43-40-37-34-31-24-21-18-15-12-9-6-3)60-54(57)48-45-42-39-36-33-30-28-26-23-20-17-14-11-8-5-2/h16,18-19,21,25-28,51H,4-15,17,20,22-24,29-50H2,1-3H3/b19-16-,21-18-,27-25-,28-26-/t51-/m1/s1. The minimum atomic E-state index is -0.784. The number of carbonyl (C=O) groups is 3. The lowest BCUT2D eigenvalue weighted by molar-refractivity contribution is -0.167. The molecule has 0 rings (SSSR count). The molecule has 1 atom stereocenters. The van der Waals surface area contributed by atoms with Crippen LogP contribution in [-0.4, -0.2) is 37.2 Å². The first-order valence-corrected chi connectivity index (χ1v) is 25.6. The zero-order chi connectivity index (χ0) is 43.7. The molecule has 0 N–H and O–H groups in total.